The van der Waals surface area contributed by atoms with Gasteiger partial charge in [-0.25, -0.2) is 0 Å². The highest BCUT2D eigenvalue weighted by molar-refractivity contribution is 7.99. The molecule has 0 aliphatic carbocycles. The van der Waals surface area contributed by atoms with Crippen molar-refractivity contribution >= 4 is 29.3 Å². The highest BCUT2D eigenvalue weighted by Crippen LogP contribution is 2.20. The molecule has 156 valence electrons. The van der Waals surface area contributed by atoms with Crippen molar-refractivity contribution in [1.82, 2.24) is 14.8 Å². The molecule has 0 aliphatic heterocycles. The van der Waals surface area contributed by atoms with Gasteiger partial charge in [0.25, 0.3) is 5.91 Å². The molecule has 0 saturated carbocycles. The van der Waals surface area contributed by atoms with Gasteiger partial charge in [0.2, 0.25) is 5.91 Å². The van der Waals surface area contributed by atoms with Gasteiger partial charge >= 0.3 is 0 Å². The lowest BCUT2D eigenvalue weighted by atomic mass is 10.1. The van der Waals surface area contributed by atoms with Crippen LogP contribution in [0, 0.1) is 0 Å². The predicted molar refractivity (Wildman–Crippen MR) is 113 cm³/mol. The summed E-state index contributed by atoms with van der Waals surface area (Å²) >= 11 is 1.23. The van der Waals surface area contributed by atoms with Gasteiger partial charge in [-0.15, -0.1) is 10.2 Å². The number of amides is 2. The van der Waals surface area contributed by atoms with Crippen LogP contribution in [0.25, 0.3) is 0 Å². The third kappa shape index (κ3) is 5.29. The molecule has 0 spiro atoms. The number of rotatable bonds is 9. The number of ether oxygens (including phenoxy) is 2. The van der Waals surface area contributed by atoms with Crippen LogP contribution in [0.3, 0.4) is 0 Å². The van der Waals surface area contributed by atoms with Crippen LogP contribution >= 0.6 is 11.8 Å². The van der Waals surface area contributed by atoms with E-state index in [1.54, 1.807) is 55.1 Å². The number of nitrogens with zero attached hydrogens (tertiary/aromatic N) is 3. The van der Waals surface area contributed by atoms with E-state index in [1.807, 2.05) is 12.1 Å². The van der Waals surface area contributed by atoms with Crippen molar-refractivity contribution in [1.29, 1.82) is 0 Å². The third-order valence-electron chi connectivity index (χ3n) is 4.15. The van der Waals surface area contributed by atoms with E-state index < -0.39 is 5.91 Å². The fraction of sp³-hybridized carbons (Fsp3) is 0.200. The average Bonchev–Trinajstić information content (AvgIpc) is 3.10. The van der Waals surface area contributed by atoms with E-state index >= 15 is 0 Å². The number of benzene rings is 2. The van der Waals surface area contributed by atoms with Gasteiger partial charge in [0.15, 0.2) is 11.0 Å². The number of hydrogen-bond donors (Lipinski definition) is 2. The maximum Gasteiger partial charge on any atom is 0.250 e. The summed E-state index contributed by atoms with van der Waals surface area (Å²) in [6.07, 6.45) is 0. The summed E-state index contributed by atoms with van der Waals surface area (Å²) in [6, 6.07) is 13.8. The number of thioether (sulfide) groups is 1. The Labute approximate surface area is 177 Å². The lowest BCUT2D eigenvalue weighted by molar-refractivity contribution is -0.113. The molecule has 0 fully saturated rings. The van der Waals surface area contributed by atoms with E-state index in [9.17, 15) is 9.59 Å². The number of nitrogens with one attached hydrogen (secondary N) is 1. The third-order valence-corrected chi connectivity index (χ3v) is 5.17. The average molecular weight is 427 g/mol. The minimum atomic E-state index is -0.603. The Morgan fingerprint density at radius 2 is 1.80 bits per heavy atom. The van der Waals surface area contributed by atoms with Gasteiger partial charge in [0.05, 0.1) is 24.1 Å². The summed E-state index contributed by atoms with van der Waals surface area (Å²) in [5, 5.41) is 11.5. The highest BCUT2D eigenvalue weighted by atomic mass is 32.2. The monoisotopic (exact) mass is 427 g/mol. The first-order valence-corrected chi connectivity index (χ1v) is 9.93. The normalized spacial score (nSPS) is 10.5. The number of primary amides is 1. The molecule has 0 bridgehead atoms. The second-order valence-corrected chi connectivity index (χ2v) is 7.11. The summed E-state index contributed by atoms with van der Waals surface area (Å²) in [5.41, 5.74) is 5.96. The van der Waals surface area contributed by atoms with Gasteiger partial charge < -0.3 is 25.1 Å². The van der Waals surface area contributed by atoms with Gasteiger partial charge in [0.1, 0.15) is 18.1 Å². The molecule has 1 heterocycles. The summed E-state index contributed by atoms with van der Waals surface area (Å²) in [6.45, 7) is 0.231. The summed E-state index contributed by atoms with van der Waals surface area (Å²) in [5.74, 6) is 1.25. The smallest absolute Gasteiger partial charge is 0.250 e. The van der Waals surface area contributed by atoms with Crippen LogP contribution in [-0.4, -0.2) is 39.4 Å². The van der Waals surface area contributed by atoms with Crippen molar-refractivity contribution in [2.75, 3.05) is 18.2 Å². The number of methoxy groups -OCH3 is 1. The van der Waals surface area contributed by atoms with E-state index in [2.05, 4.69) is 15.5 Å². The molecule has 0 radical (unpaired) electrons. The standard InChI is InChI=1S/C20H21N5O4S/c1-25-17(11-29-14-9-7-13(28-2)8-10-14)23-24-20(25)30-12-18(26)22-16-6-4-3-5-15(16)19(21)27/h3-10H,11-12H2,1-2H3,(H2,21,27)(H,22,26). The largest absolute Gasteiger partial charge is 0.497 e. The molecule has 0 saturated heterocycles. The van der Waals surface area contributed by atoms with Gasteiger partial charge in [0, 0.05) is 7.05 Å². The zero-order chi connectivity index (χ0) is 21.5. The van der Waals surface area contributed by atoms with Crippen LogP contribution in [0.5, 0.6) is 11.5 Å². The van der Waals surface area contributed by atoms with E-state index in [4.69, 9.17) is 15.2 Å². The fourth-order valence-corrected chi connectivity index (χ4v) is 3.27. The van der Waals surface area contributed by atoms with E-state index in [1.165, 1.54) is 11.8 Å². The number of nitrogens with two attached hydrogens (primary N) is 1. The van der Waals surface area contributed by atoms with E-state index in [0.717, 1.165) is 5.75 Å². The minimum Gasteiger partial charge on any atom is -0.497 e. The predicted octanol–water partition coefficient (Wildman–Crippen LogP) is 2.23. The van der Waals surface area contributed by atoms with Crippen molar-refractivity contribution in [2.24, 2.45) is 12.8 Å². The fourth-order valence-electron chi connectivity index (χ4n) is 2.54. The zero-order valence-corrected chi connectivity index (χ0v) is 17.3. The molecule has 0 atom stereocenters. The Bertz CT molecular complexity index is 1040. The van der Waals surface area contributed by atoms with Crippen molar-refractivity contribution in [3.05, 3.63) is 59.9 Å². The summed E-state index contributed by atoms with van der Waals surface area (Å²) < 4.78 is 12.6. The number of anilines is 1. The van der Waals surface area contributed by atoms with Crippen LogP contribution < -0.4 is 20.5 Å². The second kappa shape index (κ2) is 9.79. The molecular formula is C20H21N5O4S. The number of carbonyl (C=O) groups excluding carboxylic acids is 2. The van der Waals surface area contributed by atoms with Crippen molar-refractivity contribution in [3.63, 3.8) is 0 Å². The molecule has 0 unspecified atom stereocenters. The number of para-hydroxylation sites is 1. The van der Waals surface area contributed by atoms with Gasteiger partial charge in [-0.2, -0.15) is 0 Å². The first-order valence-electron chi connectivity index (χ1n) is 8.94. The highest BCUT2D eigenvalue weighted by Gasteiger charge is 2.14. The Balaban J connectivity index is 1.54. The van der Waals surface area contributed by atoms with Crippen LogP contribution in [0.1, 0.15) is 16.2 Å². The molecule has 3 N–H and O–H groups in total. The number of carbonyl (C=O) groups is 2. The topological polar surface area (TPSA) is 121 Å². The van der Waals surface area contributed by atoms with Crippen LogP contribution in [-0.2, 0) is 18.4 Å². The zero-order valence-electron chi connectivity index (χ0n) is 16.5. The quantitative estimate of drug-likeness (QED) is 0.502. The van der Waals surface area contributed by atoms with Gasteiger partial charge in [-0.05, 0) is 36.4 Å². The lowest BCUT2D eigenvalue weighted by Gasteiger charge is -2.09. The summed E-state index contributed by atoms with van der Waals surface area (Å²) in [7, 11) is 3.40. The van der Waals surface area contributed by atoms with Crippen molar-refractivity contribution < 1.29 is 19.1 Å². The van der Waals surface area contributed by atoms with Gasteiger partial charge in [-0.1, -0.05) is 23.9 Å². The molecule has 10 heteroatoms. The molecule has 3 aromatic rings. The molecule has 0 aliphatic rings. The van der Waals surface area contributed by atoms with Crippen LogP contribution in [0.2, 0.25) is 0 Å². The molecule has 1 aromatic heterocycles. The van der Waals surface area contributed by atoms with Crippen LogP contribution in [0.4, 0.5) is 5.69 Å². The first-order chi connectivity index (χ1) is 14.5. The Hall–Kier alpha value is -3.53. The molecule has 2 aromatic carbocycles. The van der Waals surface area contributed by atoms with Crippen LogP contribution in [0.15, 0.2) is 53.7 Å². The Morgan fingerprint density at radius 1 is 1.10 bits per heavy atom. The van der Waals surface area contributed by atoms with E-state index in [-0.39, 0.29) is 23.8 Å². The lowest BCUT2D eigenvalue weighted by Crippen LogP contribution is -2.19. The number of aromatic nitrogens is 3. The molecular weight excluding hydrogens is 406 g/mol. The first kappa shape index (κ1) is 21.2. The van der Waals surface area contributed by atoms with Crippen molar-refractivity contribution in [2.45, 2.75) is 11.8 Å². The number of hydrogen-bond acceptors (Lipinski definition) is 7. The summed E-state index contributed by atoms with van der Waals surface area (Å²) in [4.78, 5) is 23.7. The van der Waals surface area contributed by atoms with Crippen molar-refractivity contribution in [3.8, 4) is 11.5 Å². The van der Waals surface area contributed by atoms with Gasteiger partial charge in [-0.3, -0.25) is 9.59 Å². The molecule has 9 nitrogen and oxygen atoms in total. The SMILES string of the molecule is COc1ccc(OCc2nnc(SCC(=O)Nc3ccccc3C(N)=O)n2C)cc1. The second-order valence-electron chi connectivity index (χ2n) is 6.17. The molecule has 3 rings (SSSR count). The molecule has 30 heavy (non-hydrogen) atoms. The molecule has 2 amide bonds. The van der Waals surface area contributed by atoms with E-state index in [0.29, 0.717) is 22.4 Å². The minimum absolute atomic E-state index is 0.0956. The maximum atomic E-state index is 12.3. The maximum absolute atomic E-state index is 12.3. The Morgan fingerprint density at radius 3 is 2.50 bits per heavy atom. The Kier molecular flexibility index (Phi) is 6.91.